The molecule has 2 aliphatic carbocycles. The molecule has 0 aliphatic heterocycles. The lowest BCUT2D eigenvalue weighted by molar-refractivity contribution is 0.346. The molecule has 0 saturated heterocycles. The maximum absolute atomic E-state index is 5.26. The smallest absolute Gasteiger partial charge is 0.160 e. The third kappa shape index (κ3) is 10.8. The summed E-state index contributed by atoms with van der Waals surface area (Å²) in [6.07, 6.45) is 16.7. The fourth-order valence-electron chi connectivity index (χ4n) is 9.78. The molecule has 0 radical (unpaired) electrons. The van der Waals surface area contributed by atoms with E-state index in [2.05, 4.69) is 218 Å². The van der Waals surface area contributed by atoms with Crippen molar-refractivity contribution in [1.82, 2.24) is 9.97 Å². The van der Waals surface area contributed by atoms with Gasteiger partial charge in [-0.2, -0.15) is 0 Å². The van der Waals surface area contributed by atoms with Crippen LogP contribution in [0, 0.1) is 0 Å². The molecule has 0 N–H and O–H groups in total. The summed E-state index contributed by atoms with van der Waals surface area (Å²) in [6.45, 7) is 8.55. The molecular weight excluding hydrogens is 837 g/mol. The van der Waals surface area contributed by atoms with Crippen LogP contribution in [0.3, 0.4) is 0 Å². The van der Waals surface area contributed by atoms with Crippen LogP contribution >= 0.6 is 0 Å². The van der Waals surface area contributed by atoms with Crippen LogP contribution in [0.4, 0.5) is 0 Å². The number of rotatable bonds is 13. The van der Waals surface area contributed by atoms with E-state index < -0.39 is 0 Å². The Balaban J connectivity index is 0.00000293. The molecule has 0 atom stereocenters. The van der Waals surface area contributed by atoms with Gasteiger partial charge in [0.15, 0.2) is 5.82 Å². The summed E-state index contributed by atoms with van der Waals surface area (Å²) >= 11 is 0. The lowest BCUT2D eigenvalue weighted by Gasteiger charge is -2.39. The van der Waals surface area contributed by atoms with Crippen molar-refractivity contribution in [2.24, 2.45) is 9.98 Å². The third-order valence-electron chi connectivity index (χ3n) is 13.4. The van der Waals surface area contributed by atoms with Crippen molar-refractivity contribution in [3.05, 3.63) is 246 Å². The molecule has 0 bridgehead atoms. The minimum Gasteiger partial charge on any atom is -0.280 e. The molecule has 1 saturated carbocycles. The molecule has 1 aromatic heterocycles. The Bertz CT molecular complexity index is 3100. The minimum atomic E-state index is -0.0707. The van der Waals surface area contributed by atoms with Gasteiger partial charge in [-0.15, -0.1) is 0 Å². The van der Waals surface area contributed by atoms with Crippen LogP contribution < -0.4 is 0 Å². The Morgan fingerprint density at radius 1 is 0.536 bits per heavy atom. The second kappa shape index (κ2) is 22.3. The third-order valence-corrected chi connectivity index (χ3v) is 13.4. The van der Waals surface area contributed by atoms with Gasteiger partial charge in [0, 0.05) is 27.7 Å². The fourth-order valence-corrected chi connectivity index (χ4v) is 9.78. The highest BCUT2D eigenvalue weighted by atomic mass is 14.9. The van der Waals surface area contributed by atoms with Crippen molar-refractivity contribution in [2.45, 2.75) is 70.8 Å². The summed E-state index contributed by atoms with van der Waals surface area (Å²) in [6, 6.07) is 69.1. The normalized spacial score (nSPS) is 14.6. The first-order valence-electron chi connectivity index (χ1n) is 24.7. The van der Waals surface area contributed by atoms with Gasteiger partial charge in [-0.05, 0) is 101 Å². The Morgan fingerprint density at radius 2 is 1.09 bits per heavy atom. The van der Waals surface area contributed by atoms with Crippen LogP contribution in [0.1, 0.15) is 81.0 Å². The first-order chi connectivity index (χ1) is 34.1. The molecule has 7 aromatic carbocycles. The molecule has 0 spiro atoms. The van der Waals surface area contributed by atoms with E-state index in [4.69, 9.17) is 15.0 Å². The second-order valence-electron chi connectivity index (χ2n) is 17.7. The van der Waals surface area contributed by atoms with Crippen LogP contribution in [0.25, 0.3) is 61.9 Å². The summed E-state index contributed by atoms with van der Waals surface area (Å²) in [4.78, 5) is 20.2. The van der Waals surface area contributed by atoms with Gasteiger partial charge in [-0.3, -0.25) is 9.98 Å². The van der Waals surface area contributed by atoms with Gasteiger partial charge in [-0.25, -0.2) is 9.97 Å². The molecule has 1 heterocycles. The summed E-state index contributed by atoms with van der Waals surface area (Å²) in [7, 11) is 0. The Hall–Kier alpha value is -7.82. The van der Waals surface area contributed by atoms with E-state index in [0.717, 1.165) is 93.3 Å². The number of aliphatic imine (C=N–C) groups is 2. The van der Waals surface area contributed by atoms with Gasteiger partial charge in [0.2, 0.25) is 0 Å². The van der Waals surface area contributed by atoms with Crippen molar-refractivity contribution in [3.8, 4) is 56.2 Å². The maximum atomic E-state index is 5.26. The van der Waals surface area contributed by atoms with Crippen LogP contribution in [-0.4, -0.2) is 22.4 Å². The summed E-state index contributed by atoms with van der Waals surface area (Å²) in [5.41, 5.74) is 17.3. The van der Waals surface area contributed by atoms with Gasteiger partial charge in [-0.1, -0.05) is 227 Å². The van der Waals surface area contributed by atoms with Crippen molar-refractivity contribution in [2.75, 3.05) is 0 Å². The second-order valence-corrected chi connectivity index (χ2v) is 17.7. The van der Waals surface area contributed by atoms with Gasteiger partial charge >= 0.3 is 0 Å². The molecule has 69 heavy (non-hydrogen) atoms. The molecule has 10 rings (SSSR count). The largest absolute Gasteiger partial charge is 0.280 e. The molecule has 0 unspecified atom stereocenters. The number of allylic oxidation sites excluding steroid dienone is 5. The zero-order chi connectivity index (χ0) is 47.3. The molecule has 2 aliphatic rings. The topological polar surface area (TPSA) is 50.5 Å². The number of hydrogen-bond donors (Lipinski definition) is 0. The first kappa shape index (κ1) is 46.3. The fraction of sp³-hybridized carbons (Fsp3) is 0.169. The van der Waals surface area contributed by atoms with Crippen molar-refractivity contribution in [1.29, 1.82) is 0 Å². The minimum absolute atomic E-state index is 0.0707. The standard InChI is InChI=1S/C63H54N4.C2H6/c1-64-58(54-29-17-27-52(41-54)47-19-7-2-8-20-47)43-59(49-23-11-4-12-24-49)65-45-46-31-35-56(36-32-46)63(39-15-6-16-40-63)57-37-33-51(34-38-57)62-66-60(50-25-13-5-14-26-50)44-61(67-62)55-30-18-28-53(42-55)48-21-9-3-10-22-48;1-2/h2-3,5,7-11,13-14,17-38,41-44H,1,4,6,12,15-16,39-40,45H2;1-2H3/b58-43-,65-59?;. The molecule has 4 nitrogen and oxygen atoms in total. The summed E-state index contributed by atoms with van der Waals surface area (Å²) in [5.74, 6) is 0.723. The highest BCUT2D eigenvalue weighted by Gasteiger charge is 2.35. The molecule has 4 heteroatoms. The van der Waals surface area contributed by atoms with E-state index in [1.807, 2.05) is 26.0 Å². The monoisotopic (exact) mass is 896 g/mol. The maximum Gasteiger partial charge on any atom is 0.160 e. The SMILES string of the molecule is C=N/C(=C\C(=NCc1ccc(C2(c3ccc(-c4nc(-c5ccccc5)cc(-c5cccc(-c6ccccc6)c5)n4)cc3)CCCCC2)cc1)C1=CCCC=C1)c1cccc(-c2ccccc2)c1.CC. The van der Waals surface area contributed by atoms with E-state index in [-0.39, 0.29) is 5.41 Å². The Kier molecular flexibility index (Phi) is 15.0. The zero-order valence-corrected chi connectivity index (χ0v) is 39.9. The van der Waals surface area contributed by atoms with Gasteiger partial charge in [0.1, 0.15) is 0 Å². The number of nitrogens with zero attached hydrogens (tertiary/aromatic N) is 4. The zero-order valence-electron chi connectivity index (χ0n) is 39.9. The van der Waals surface area contributed by atoms with E-state index in [1.54, 1.807) is 0 Å². The number of benzene rings is 7. The predicted octanol–water partition coefficient (Wildman–Crippen LogP) is 17.0. The van der Waals surface area contributed by atoms with E-state index >= 15 is 0 Å². The number of aromatic nitrogens is 2. The molecule has 8 aromatic rings. The average molecular weight is 897 g/mol. The van der Waals surface area contributed by atoms with Crippen LogP contribution in [0.5, 0.6) is 0 Å². The highest BCUT2D eigenvalue weighted by Crippen LogP contribution is 2.45. The summed E-state index contributed by atoms with van der Waals surface area (Å²) in [5, 5.41) is 0. The molecule has 0 amide bonds. The van der Waals surface area contributed by atoms with Crippen LogP contribution in [-0.2, 0) is 12.0 Å². The van der Waals surface area contributed by atoms with Gasteiger partial charge in [0.05, 0.1) is 29.3 Å². The lowest BCUT2D eigenvalue weighted by atomic mass is 9.65. The van der Waals surface area contributed by atoms with E-state index in [0.29, 0.717) is 6.54 Å². The Labute approximate surface area is 409 Å². The number of hydrogen-bond acceptors (Lipinski definition) is 4. The van der Waals surface area contributed by atoms with Gasteiger partial charge < -0.3 is 0 Å². The van der Waals surface area contributed by atoms with Crippen molar-refractivity contribution in [3.63, 3.8) is 0 Å². The quantitative estimate of drug-likeness (QED) is 0.108. The van der Waals surface area contributed by atoms with Crippen molar-refractivity contribution < 1.29 is 0 Å². The van der Waals surface area contributed by atoms with Crippen molar-refractivity contribution >= 4 is 18.1 Å². The predicted molar refractivity (Wildman–Crippen MR) is 292 cm³/mol. The first-order valence-corrected chi connectivity index (χ1v) is 24.7. The summed E-state index contributed by atoms with van der Waals surface area (Å²) < 4.78 is 0. The van der Waals surface area contributed by atoms with Gasteiger partial charge in [0.25, 0.3) is 0 Å². The molecule has 340 valence electrons. The Morgan fingerprint density at radius 3 is 1.70 bits per heavy atom. The van der Waals surface area contributed by atoms with E-state index in [9.17, 15) is 0 Å². The highest BCUT2D eigenvalue weighted by molar-refractivity contribution is 6.14. The molecule has 1 fully saturated rings. The lowest BCUT2D eigenvalue weighted by Crippen LogP contribution is -2.30. The average Bonchev–Trinajstić information content (AvgIpc) is 3.45. The van der Waals surface area contributed by atoms with E-state index in [1.165, 1.54) is 47.1 Å². The van der Waals surface area contributed by atoms with Crippen LogP contribution in [0.2, 0.25) is 0 Å². The molecular formula is C65H60N4. The van der Waals surface area contributed by atoms with Crippen LogP contribution in [0.15, 0.2) is 234 Å².